The number of anilines is 1. The van der Waals surface area contributed by atoms with E-state index in [4.69, 9.17) is 0 Å². The van der Waals surface area contributed by atoms with E-state index < -0.39 is 0 Å². The van der Waals surface area contributed by atoms with Gasteiger partial charge in [-0.3, -0.25) is 4.79 Å². The third-order valence-electron chi connectivity index (χ3n) is 5.41. The average Bonchev–Trinajstić information content (AvgIpc) is 3.15. The SMILES string of the molecule is CCCn1c(SCC(=O)Nc2c(C(C)C)cccc2C(C)C)nnc1-c1cccc(C)c1. The van der Waals surface area contributed by atoms with Crippen LogP contribution < -0.4 is 5.32 Å². The Kier molecular flexibility index (Phi) is 8.13. The summed E-state index contributed by atoms with van der Waals surface area (Å²) in [5, 5.41) is 12.8. The number of nitrogens with one attached hydrogen (secondary N) is 1. The van der Waals surface area contributed by atoms with Crippen LogP contribution in [0.5, 0.6) is 0 Å². The number of carbonyl (C=O) groups excluding carboxylic acids is 1. The van der Waals surface area contributed by atoms with Crippen LogP contribution in [-0.4, -0.2) is 26.4 Å². The summed E-state index contributed by atoms with van der Waals surface area (Å²) in [6, 6.07) is 14.6. The zero-order chi connectivity index (χ0) is 23.3. The highest BCUT2D eigenvalue weighted by Crippen LogP contribution is 2.33. The lowest BCUT2D eigenvalue weighted by molar-refractivity contribution is -0.113. The Bertz CT molecular complexity index is 1050. The number of aryl methyl sites for hydroxylation is 1. The van der Waals surface area contributed by atoms with E-state index in [-0.39, 0.29) is 5.91 Å². The van der Waals surface area contributed by atoms with Crippen LogP contribution in [0.3, 0.4) is 0 Å². The number of thioether (sulfide) groups is 1. The molecule has 5 nitrogen and oxygen atoms in total. The van der Waals surface area contributed by atoms with Gasteiger partial charge in [0.1, 0.15) is 0 Å². The molecular formula is C26H34N4OS. The largest absolute Gasteiger partial charge is 0.325 e. The highest BCUT2D eigenvalue weighted by atomic mass is 32.2. The Morgan fingerprint density at radius 1 is 1.03 bits per heavy atom. The van der Waals surface area contributed by atoms with Crippen molar-refractivity contribution >= 4 is 23.4 Å². The van der Waals surface area contributed by atoms with Crippen LogP contribution in [-0.2, 0) is 11.3 Å². The van der Waals surface area contributed by atoms with Gasteiger partial charge in [-0.05, 0) is 42.4 Å². The fourth-order valence-corrected chi connectivity index (χ4v) is 4.58. The van der Waals surface area contributed by atoms with Crippen molar-refractivity contribution < 1.29 is 4.79 Å². The molecule has 0 spiro atoms. The fourth-order valence-electron chi connectivity index (χ4n) is 3.82. The molecule has 0 unspecified atom stereocenters. The number of carbonyl (C=O) groups is 1. The van der Waals surface area contributed by atoms with Crippen molar-refractivity contribution in [1.82, 2.24) is 14.8 Å². The average molecular weight is 451 g/mol. The molecule has 0 aliphatic carbocycles. The van der Waals surface area contributed by atoms with Gasteiger partial charge in [0.25, 0.3) is 0 Å². The third-order valence-corrected chi connectivity index (χ3v) is 6.38. The summed E-state index contributed by atoms with van der Waals surface area (Å²) in [6.07, 6.45) is 0.968. The molecule has 1 amide bonds. The molecule has 2 aromatic carbocycles. The Morgan fingerprint density at radius 2 is 1.69 bits per heavy atom. The third kappa shape index (κ3) is 5.60. The van der Waals surface area contributed by atoms with Crippen LogP contribution in [0.1, 0.15) is 69.6 Å². The fraction of sp³-hybridized carbons (Fsp3) is 0.423. The quantitative estimate of drug-likeness (QED) is 0.371. The molecule has 0 fully saturated rings. The lowest BCUT2D eigenvalue weighted by atomic mass is 9.92. The highest BCUT2D eigenvalue weighted by Gasteiger charge is 2.18. The first-order valence-corrected chi connectivity index (χ1v) is 12.4. The highest BCUT2D eigenvalue weighted by molar-refractivity contribution is 7.99. The maximum absolute atomic E-state index is 12.9. The molecular weight excluding hydrogens is 416 g/mol. The van der Waals surface area contributed by atoms with Crippen LogP contribution in [0.4, 0.5) is 5.69 Å². The summed E-state index contributed by atoms with van der Waals surface area (Å²) in [5.41, 5.74) is 5.54. The Balaban J connectivity index is 1.79. The van der Waals surface area contributed by atoms with Crippen molar-refractivity contribution in [1.29, 1.82) is 0 Å². The van der Waals surface area contributed by atoms with E-state index in [0.717, 1.165) is 35.2 Å². The smallest absolute Gasteiger partial charge is 0.234 e. The van der Waals surface area contributed by atoms with E-state index >= 15 is 0 Å². The van der Waals surface area contributed by atoms with Gasteiger partial charge in [0, 0.05) is 17.8 Å². The summed E-state index contributed by atoms with van der Waals surface area (Å²) in [4.78, 5) is 12.9. The van der Waals surface area contributed by atoms with Crippen molar-refractivity contribution in [2.75, 3.05) is 11.1 Å². The van der Waals surface area contributed by atoms with Gasteiger partial charge >= 0.3 is 0 Å². The topological polar surface area (TPSA) is 59.8 Å². The van der Waals surface area contributed by atoms with Gasteiger partial charge in [-0.2, -0.15) is 0 Å². The Labute approximate surface area is 196 Å². The molecule has 1 heterocycles. The summed E-state index contributed by atoms with van der Waals surface area (Å²) in [6.45, 7) is 13.7. The number of hydrogen-bond donors (Lipinski definition) is 1. The number of amides is 1. The summed E-state index contributed by atoms with van der Waals surface area (Å²) < 4.78 is 2.12. The van der Waals surface area contributed by atoms with Crippen LogP contribution in [0.25, 0.3) is 11.4 Å². The maximum atomic E-state index is 12.9. The molecule has 0 bridgehead atoms. The number of hydrogen-bond acceptors (Lipinski definition) is 4. The van der Waals surface area contributed by atoms with Crippen LogP contribution in [0, 0.1) is 6.92 Å². The van der Waals surface area contributed by atoms with E-state index in [1.165, 1.54) is 28.5 Å². The molecule has 32 heavy (non-hydrogen) atoms. The second-order valence-electron chi connectivity index (χ2n) is 8.79. The minimum atomic E-state index is -0.0202. The lowest BCUT2D eigenvalue weighted by Crippen LogP contribution is -2.18. The molecule has 3 aromatic rings. The van der Waals surface area contributed by atoms with Crippen LogP contribution >= 0.6 is 11.8 Å². The molecule has 1 aromatic heterocycles. The number of nitrogens with zero attached hydrogens (tertiary/aromatic N) is 3. The second kappa shape index (κ2) is 10.8. The number of para-hydroxylation sites is 1. The van der Waals surface area contributed by atoms with Gasteiger partial charge in [-0.25, -0.2) is 0 Å². The summed E-state index contributed by atoms with van der Waals surface area (Å²) in [7, 11) is 0. The van der Waals surface area contributed by atoms with Crippen molar-refractivity contribution in [2.45, 2.75) is 71.5 Å². The molecule has 0 saturated carbocycles. The molecule has 170 valence electrons. The minimum Gasteiger partial charge on any atom is -0.325 e. The van der Waals surface area contributed by atoms with Crippen molar-refractivity contribution in [3.63, 3.8) is 0 Å². The van der Waals surface area contributed by atoms with Gasteiger partial charge in [-0.15, -0.1) is 10.2 Å². The van der Waals surface area contributed by atoms with E-state index in [2.05, 4.69) is 98.0 Å². The molecule has 0 aliphatic rings. The molecule has 3 rings (SSSR count). The van der Waals surface area contributed by atoms with E-state index in [9.17, 15) is 4.79 Å². The molecule has 0 atom stereocenters. The van der Waals surface area contributed by atoms with Crippen LogP contribution in [0.15, 0.2) is 47.6 Å². The molecule has 0 radical (unpaired) electrons. The molecule has 0 saturated heterocycles. The van der Waals surface area contributed by atoms with Gasteiger partial charge < -0.3 is 9.88 Å². The van der Waals surface area contributed by atoms with Crippen LogP contribution in [0.2, 0.25) is 0 Å². The molecule has 0 aliphatic heterocycles. The van der Waals surface area contributed by atoms with Crippen molar-refractivity contribution in [3.8, 4) is 11.4 Å². The predicted molar refractivity (Wildman–Crippen MR) is 134 cm³/mol. The second-order valence-corrected chi connectivity index (χ2v) is 9.73. The van der Waals surface area contributed by atoms with Crippen molar-refractivity contribution in [2.24, 2.45) is 0 Å². The zero-order valence-electron chi connectivity index (χ0n) is 20.0. The summed E-state index contributed by atoms with van der Waals surface area (Å²) >= 11 is 1.44. The standard InChI is InChI=1S/C26H34N4OS/c1-7-14-30-25(20-11-8-10-19(6)15-20)28-29-26(30)32-16-23(31)27-24-21(17(2)3)12-9-13-22(24)18(4)5/h8-13,15,17-18H,7,14,16H2,1-6H3,(H,27,31). The monoisotopic (exact) mass is 450 g/mol. The summed E-state index contributed by atoms with van der Waals surface area (Å²) in [5.74, 6) is 1.79. The maximum Gasteiger partial charge on any atom is 0.234 e. The first-order chi connectivity index (χ1) is 15.3. The normalized spacial score (nSPS) is 11.4. The Morgan fingerprint density at radius 3 is 2.28 bits per heavy atom. The van der Waals surface area contributed by atoms with Gasteiger partial charge in [0.05, 0.1) is 5.75 Å². The van der Waals surface area contributed by atoms with Gasteiger partial charge in [0.2, 0.25) is 5.91 Å². The minimum absolute atomic E-state index is 0.0202. The van der Waals surface area contributed by atoms with Gasteiger partial charge in [0.15, 0.2) is 11.0 Å². The predicted octanol–water partition coefficient (Wildman–Crippen LogP) is 6.64. The van der Waals surface area contributed by atoms with E-state index in [1.54, 1.807) is 0 Å². The van der Waals surface area contributed by atoms with E-state index in [1.807, 2.05) is 6.07 Å². The van der Waals surface area contributed by atoms with Crippen molar-refractivity contribution in [3.05, 3.63) is 59.2 Å². The zero-order valence-corrected chi connectivity index (χ0v) is 20.8. The first kappa shape index (κ1) is 24.1. The number of benzene rings is 2. The first-order valence-electron chi connectivity index (χ1n) is 11.4. The molecule has 1 N–H and O–H groups in total. The van der Waals surface area contributed by atoms with Gasteiger partial charge in [-0.1, -0.05) is 88.3 Å². The number of rotatable bonds is 9. The molecule has 6 heteroatoms. The lowest BCUT2D eigenvalue weighted by Gasteiger charge is -2.20. The Hall–Kier alpha value is -2.60. The van der Waals surface area contributed by atoms with E-state index in [0.29, 0.717) is 17.6 Å². The number of aromatic nitrogens is 3.